The maximum atomic E-state index is 2.44. The van der Waals surface area contributed by atoms with Crippen molar-refractivity contribution in [3.63, 3.8) is 0 Å². The molecule has 50 heavy (non-hydrogen) atoms. The van der Waals surface area contributed by atoms with Gasteiger partial charge in [0.2, 0.25) is 0 Å². The van der Waals surface area contributed by atoms with Crippen molar-refractivity contribution in [1.82, 2.24) is 0 Å². The van der Waals surface area contributed by atoms with E-state index in [0.717, 1.165) is 0 Å². The molecule has 248 valence electrons. The topological polar surface area (TPSA) is 3.24 Å². The van der Waals surface area contributed by atoms with Crippen molar-refractivity contribution in [3.8, 4) is 22.3 Å². The largest absolute Gasteiger partial charge is 0.311 e. The van der Waals surface area contributed by atoms with Crippen molar-refractivity contribution >= 4 is 65.1 Å². The monoisotopic (exact) mass is 681 g/mol. The molecule has 7 aromatic rings. The molecule has 7 aromatic carbocycles. The Morgan fingerprint density at radius 1 is 0.440 bits per heavy atom. The minimum atomic E-state index is -1.40. The summed E-state index contributed by atoms with van der Waals surface area (Å²) in [5, 5.41) is 8.26. The number of nitrogens with zero attached hydrogens (tertiary/aromatic N) is 1. The zero-order chi connectivity index (χ0) is 35.0. The number of rotatable bonds is 6. The Morgan fingerprint density at radius 3 is 1.54 bits per heavy atom. The quantitative estimate of drug-likeness (QED) is 0.125. The van der Waals surface area contributed by atoms with Gasteiger partial charge >= 0.3 is 0 Å². The minimum absolute atomic E-state index is 0.0819. The molecule has 0 N–H and O–H groups in total. The SMILES string of the molecule is CC1(C)c2cc(-c3ccc(N(c4ccc([Si](C)(C)C)cc4)c4ccc([Si](C)(C)C)cc4)cc3)ccc2-c2c1ccc1c2ccc2ccccc21. The van der Waals surface area contributed by atoms with Crippen LogP contribution in [0.4, 0.5) is 17.1 Å². The second-order valence-corrected chi connectivity index (χ2v) is 26.9. The van der Waals surface area contributed by atoms with E-state index in [1.54, 1.807) is 0 Å². The lowest BCUT2D eigenvalue weighted by atomic mass is 9.81. The molecule has 8 rings (SSSR count). The van der Waals surface area contributed by atoms with Gasteiger partial charge in [-0.3, -0.25) is 0 Å². The second kappa shape index (κ2) is 11.7. The molecule has 1 aliphatic rings. The van der Waals surface area contributed by atoms with Crippen LogP contribution in [0.1, 0.15) is 25.0 Å². The predicted octanol–water partition coefficient (Wildman–Crippen LogP) is 12.5. The third kappa shape index (κ3) is 5.44. The van der Waals surface area contributed by atoms with Gasteiger partial charge < -0.3 is 4.90 Å². The lowest BCUT2D eigenvalue weighted by molar-refractivity contribution is 0.661. The first kappa shape index (κ1) is 32.5. The van der Waals surface area contributed by atoms with Crippen LogP contribution in [0.5, 0.6) is 0 Å². The highest BCUT2D eigenvalue weighted by Crippen LogP contribution is 2.52. The molecular weight excluding hydrogens is 635 g/mol. The van der Waals surface area contributed by atoms with E-state index in [1.165, 1.54) is 82.4 Å². The van der Waals surface area contributed by atoms with Crippen LogP contribution in [0.3, 0.4) is 0 Å². The average Bonchev–Trinajstić information content (AvgIpc) is 3.34. The Morgan fingerprint density at radius 2 is 0.960 bits per heavy atom. The van der Waals surface area contributed by atoms with Gasteiger partial charge in [0.15, 0.2) is 0 Å². The van der Waals surface area contributed by atoms with Crippen LogP contribution >= 0.6 is 0 Å². The summed E-state index contributed by atoms with van der Waals surface area (Å²) in [7, 11) is -2.80. The summed E-state index contributed by atoms with van der Waals surface area (Å²) in [6.45, 7) is 19.2. The van der Waals surface area contributed by atoms with Crippen molar-refractivity contribution < 1.29 is 0 Å². The molecular formula is C47H47NSi2. The summed E-state index contributed by atoms with van der Waals surface area (Å²) in [4.78, 5) is 2.41. The average molecular weight is 682 g/mol. The fourth-order valence-corrected chi connectivity index (χ4v) is 10.3. The van der Waals surface area contributed by atoms with Crippen LogP contribution in [0.15, 0.2) is 140 Å². The van der Waals surface area contributed by atoms with Gasteiger partial charge in [0, 0.05) is 22.5 Å². The van der Waals surface area contributed by atoms with Crippen LogP contribution in [0.25, 0.3) is 43.8 Å². The smallest absolute Gasteiger partial charge is 0.0775 e. The molecule has 0 aromatic heterocycles. The third-order valence-corrected chi connectivity index (χ3v) is 15.1. The maximum Gasteiger partial charge on any atom is 0.0775 e. The lowest BCUT2D eigenvalue weighted by Crippen LogP contribution is -2.37. The van der Waals surface area contributed by atoms with E-state index < -0.39 is 16.1 Å². The highest BCUT2D eigenvalue weighted by molar-refractivity contribution is 6.89. The summed E-state index contributed by atoms with van der Waals surface area (Å²) >= 11 is 0. The van der Waals surface area contributed by atoms with E-state index >= 15 is 0 Å². The second-order valence-electron chi connectivity index (χ2n) is 16.7. The van der Waals surface area contributed by atoms with Gasteiger partial charge in [-0.2, -0.15) is 0 Å². The Balaban J connectivity index is 1.18. The first-order chi connectivity index (χ1) is 23.8. The molecule has 0 saturated carbocycles. The number of hydrogen-bond acceptors (Lipinski definition) is 1. The molecule has 0 aliphatic heterocycles. The van der Waals surface area contributed by atoms with E-state index in [-0.39, 0.29) is 5.41 Å². The predicted molar refractivity (Wildman–Crippen MR) is 225 cm³/mol. The molecule has 3 heteroatoms. The summed E-state index contributed by atoms with van der Waals surface area (Å²) < 4.78 is 0. The Labute approximate surface area is 300 Å². The van der Waals surface area contributed by atoms with Gasteiger partial charge in [-0.15, -0.1) is 0 Å². The van der Waals surface area contributed by atoms with Gasteiger partial charge in [-0.25, -0.2) is 0 Å². The van der Waals surface area contributed by atoms with E-state index in [9.17, 15) is 0 Å². The zero-order valence-corrected chi connectivity index (χ0v) is 32.7. The van der Waals surface area contributed by atoms with Crippen molar-refractivity contribution in [3.05, 3.63) is 151 Å². The molecule has 1 aliphatic carbocycles. The van der Waals surface area contributed by atoms with E-state index in [2.05, 4.69) is 198 Å². The molecule has 0 heterocycles. The summed E-state index contributed by atoms with van der Waals surface area (Å²) in [6, 6.07) is 53.0. The Kier molecular flexibility index (Phi) is 7.59. The molecule has 0 saturated heterocycles. The summed E-state index contributed by atoms with van der Waals surface area (Å²) in [5.41, 5.74) is 11.5. The fourth-order valence-electron chi connectivity index (χ4n) is 7.97. The van der Waals surface area contributed by atoms with E-state index in [4.69, 9.17) is 0 Å². The molecule has 0 spiro atoms. The number of anilines is 3. The maximum absolute atomic E-state index is 2.44. The Bertz CT molecular complexity index is 2330. The van der Waals surface area contributed by atoms with Crippen molar-refractivity contribution in [1.29, 1.82) is 0 Å². The van der Waals surface area contributed by atoms with Crippen LogP contribution in [-0.4, -0.2) is 16.1 Å². The summed E-state index contributed by atoms with van der Waals surface area (Å²) in [6.07, 6.45) is 0. The number of fused-ring (bicyclic) bond motifs is 7. The first-order valence-corrected chi connectivity index (χ1v) is 25.0. The number of benzene rings is 7. The molecule has 0 atom stereocenters. The van der Waals surface area contributed by atoms with E-state index in [1.807, 2.05) is 0 Å². The van der Waals surface area contributed by atoms with Gasteiger partial charge in [-0.1, -0.05) is 161 Å². The zero-order valence-electron chi connectivity index (χ0n) is 30.7. The minimum Gasteiger partial charge on any atom is -0.311 e. The van der Waals surface area contributed by atoms with E-state index in [0.29, 0.717) is 0 Å². The fraction of sp³-hybridized carbons (Fsp3) is 0.191. The number of hydrogen-bond donors (Lipinski definition) is 0. The van der Waals surface area contributed by atoms with Gasteiger partial charge in [0.25, 0.3) is 0 Å². The summed E-state index contributed by atoms with van der Waals surface area (Å²) in [5.74, 6) is 0. The molecule has 0 bridgehead atoms. The highest BCUT2D eigenvalue weighted by atomic mass is 28.3. The van der Waals surface area contributed by atoms with Crippen LogP contribution in [-0.2, 0) is 5.41 Å². The molecule has 0 unspecified atom stereocenters. The van der Waals surface area contributed by atoms with Crippen LogP contribution in [0, 0.1) is 0 Å². The highest BCUT2D eigenvalue weighted by Gasteiger charge is 2.36. The first-order valence-electron chi connectivity index (χ1n) is 18.0. The third-order valence-electron chi connectivity index (χ3n) is 11.0. The van der Waals surface area contributed by atoms with Gasteiger partial charge in [0.05, 0.1) is 16.1 Å². The van der Waals surface area contributed by atoms with Crippen molar-refractivity contribution in [2.24, 2.45) is 0 Å². The molecule has 1 nitrogen and oxygen atoms in total. The van der Waals surface area contributed by atoms with Gasteiger partial charge in [-0.05, 0) is 97.4 Å². The van der Waals surface area contributed by atoms with Crippen molar-refractivity contribution in [2.45, 2.75) is 58.5 Å². The van der Waals surface area contributed by atoms with Crippen LogP contribution < -0.4 is 15.3 Å². The molecule has 0 radical (unpaired) electrons. The lowest BCUT2D eigenvalue weighted by Gasteiger charge is -2.28. The normalized spacial score (nSPS) is 13.8. The molecule has 0 amide bonds. The van der Waals surface area contributed by atoms with Crippen LogP contribution in [0.2, 0.25) is 39.3 Å². The van der Waals surface area contributed by atoms with Gasteiger partial charge in [0.1, 0.15) is 0 Å². The molecule has 0 fully saturated rings. The standard InChI is InChI=1S/C47H47NSi2/c1-47(2)44-30-29-41-40-12-10-9-11-33(40)15-27-42(41)46(44)43-28-16-34(31-45(43)47)32-13-17-35(18-14-32)48(36-19-23-38(24-20-36)49(3,4)5)37-21-25-39(26-22-37)50(6,7)8/h9-31H,1-8H3. The van der Waals surface area contributed by atoms with Crippen molar-refractivity contribution in [2.75, 3.05) is 4.90 Å². The Hall–Kier alpha value is -4.71.